The molecule has 1 N–H and O–H groups in total. The number of aromatic nitrogens is 6. The maximum Gasteiger partial charge on any atom is 0.239 e. The van der Waals surface area contributed by atoms with Gasteiger partial charge in [-0.25, -0.2) is 14.6 Å². The highest BCUT2D eigenvalue weighted by atomic mass is 16.5. The number of rotatable bonds is 5. The molecule has 1 aliphatic rings. The van der Waals surface area contributed by atoms with Gasteiger partial charge >= 0.3 is 0 Å². The van der Waals surface area contributed by atoms with Crippen molar-refractivity contribution < 1.29 is 9.32 Å². The van der Waals surface area contributed by atoms with Gasteiger partial charge in [0, 0.05) is 38.8 Å². The molecule has 142 valence electrons. The van der Waals surface area contributed by atoms with Crippen LogP contribution in [0.2, 0.25) is 0 Å². The summed E-state index contributed by atoms with van der Waals surface area (Å²) in [5.74, 6) is 1.79. The molecule has 27 heavy (non-hydrogen) atoms. The Labute approximate surface area is 155 Å². The predicted molar refractivity (Wildman–Crippen MR) is 97.3 cm³/mol. The zero-order valence-corrected chi connectivity index (χ0v) is 15.3. The second-order valence-corrected chi connectivity index (χ2v) is 6.41. The molecule has 1 saturated heterocycles. The number of nitrogens with zero attached hydrogens (tertiary/aromatic N) is 8. The Morgan fingerprint density at radius 2 is 2.07 bits per heavy atom. The number of carbonyl (C=O) groups is 1. The van der Waals surface area contributed by atoms with Crippen molar-refractivity contribution in [2.45, 2.75) is 20.4 Å². The number of aryl methyl sites for hydroxylation is 2. The molecule has 4 rings (SSSR count). The van der Waals surface area contributed by atoms with Crippen LogP contribution >= 0.6 is 0 Å². The average molecular weight is 371 g/mol. The first kappa shape index (κ1) is 17.3. The van der Waals surface area contributed by atoms with Gasteiger partial charge in [-0.2, -0.15) is 0 Å². The highest BCUT2D eigenvalue weighted by Gasteiger charge is 2.23. The van der Waals surface area contributed by atoms with E-state index in [4.69, 9.17) is 4.52 Å². The standard InChI is InChI=1S/C16H21N9O2/c1-3-25-16-14(20-22-25)15(17-10-18-16)24-6-4-23(5-7-24)9-13(26)19-12-8-11(2)27-21-12/h8,10H,3-7,9H2,1-2H3,(H,19,21,26). The molecule has 4 heterocycles. The molecular formula is C16H21N9O2. The minimum absolute atomic E-state index is 0.105. The van der Waals surface area contributed by atoms with E-state index < -0.39 is 0 Å². The van der Waals surface area contributed by atoms with Crippen LogP contribution in [0.15, 0.2) is 16.9 Å². The number of fused-ring (bicyclic) bond motifs is 1. The van der Waals surface area contributed by atoms with E-state index in [1.54, 1.807) is 24.0 Å². The molecule has 0 atom stereocenters. The summed E-state index contributed by atoms with van der Waals surface area (Å²) in [6.45, 7) is 7.80. The van der Waals surface area contributed by atoms with E-state index in [1.807, 2.05) is 6.92 Å². The quantitative estimate of drug-likeness (QED) is 0.675. The first-order valence-electron chi connectivity index (χ1n) is 8.88. The second-order valence-electron chi connectivity index (χ2n) is 6.41. The summed E-state index contributed by atoms with van der Waals surface area (Å²) in [6, 6.07) is 1.69. The summed E-state index contributed by atoms with van der Waals surface area (Å²) in [6.07, 6.45) is 1.55. The number of amides is 1. The van der Waals surface area contributed by atoms with Crippen molar-refractivity contribution in [1.82, 2.24) is 35.0 Å². The van der Waals surface area contributed by atoms with Gasteiger partial charge in [-0.3, -0.25) is 9.69 Å². The molecule has 3 aromatic heterocycles. The predicted octanol–water partition coefficient (Wildman–Crippen LogP) is 0.298. The Balaban J connectivity index is 1.36. The van der Waals surface area contributed by atoms with Crippen molar-refractivity contribution in [3.8, 4) is 0 Å². The monoisotopic (exact) mass is 371 g/mol. The van der Waals surface area contributed by atoms with Crippen LogP contribution in [-0.4, -0.2) is 73.6 Å². The van der Waals surface area contributed by atoms with Crippen LogP contribution in [-0.2, 0) is 11.3 Å². The summed E-state index contributed by atoms with van der Waals surface area (Å²) in [5.41, 5.74) is 1.46. The van der Waals surface area contributed by atoms with E-state index in [-0.39, 0.29) is 5.91 Å². The van der Waals surface area contributed by atoms with Crippen molar-refractivity contribution in [1.29, 1.82) is 0 Å². The van der Waals surface area contributed by atoms with Crippen molar-refractivity contribution in [3.05, 3.63) is 18.2 Å². The van der Waals surface area contributed by atoms with Gasteiger partial charge in [0.15, 0.2) is 22.8 Å². The first-order chi connectivity index (χ1) is 13.1. The van der Waals surface area contributed by atoms with Gasteiger partial charge < -0.3 is 14.7 Å². The van der Waals surface area contributed by atoms with Gasteiger partial charge in [-0.15, -0.1) is 5.10 Å². The topological polar surface area (TPSA) is 118 Å². The molecule has 0 bridgehead atoms. The number of carbonyl (C=O) groups excluding carboxylic acids is 1. The van der Waals surface area contributed by atoms with Crippen molar-refractivity contribution in [2.75, 3.05) is 42.9 Å². The van der Waals surface area contributed by atoms with Gasteiger partial charge in [-0.05, 0) is 13.8 Å². The van der Waals surface area contributed by atoms with Crippen molar-refractivity contribution in [3.63, 3.8) is 0 Å². The van der Waals surface area contributed by atoms with E-state index in [0.717, 1.165) is 37.6 Å². The summed E-state index contributed by atoms with van der Waals surface area (Å²) in [5, 5.41) is 14.9. The van der Waals surface area contributed by atoms with Gasteiger partial charge in [0.05, 0.1) is 6.54 Å². The molecule has 0 aromatic carbocycles. The van der Waals surface area contributed by atoms with Crippen LogP contribution in [0, 0.1) is 6.92 Å². The molecule has 3 aromatic rings. The molecular weight excluding hydrogens is 350 g/mol. The lowest BCUT2D eigenvalue weighted by atomic mass is 10.3. The minimum atomic E-state index is -0.105. The maximum atomic E-state index is 12.2. The fourth-order valence-corrected chi connectivity index (χ4v) is 3.15. The normalized spacial score (nSPS) is 15.4. The molecule has 0 aliphatic carbocycles. The van der Waals surface area contributed by atoms with E-state index in [9.17, 15) is 4.79 Å². The molecule has 1 aliphatic heterocycles. The Kier molecular flexibility index (Phi) is 4.67. The summed E-state index contributed by atoms with van der Waals surface area (Å²) in [4.78, 5) is 25.1. The number of nitrogens with one attached hydrogen (secondary N) is 1. The van der Waals surface area contributed by atoms with Gasteiger partial charge in [0.1, 0.15) is 12.1 Å². The van der Waals surface area contributed by atoms with Crippen molar-refractivity contribution >= 4 is 28.7 Å². The van der Waals surface area contributed by atoms with Gasteiger partial charge in [-0.1, -0.05) is 10.4 Å². The van der Waals surface area contributed by atoms with Crippen LogP contribution in [0.25, 0.3) is 11.2 Å². The molecule has 0 unspecified atom stereocenters. The van der Waals surface area contributed by atoms with Gasteiger partial charge in [0.25, 0.3) is 0 Å². The molecule has 1 amide bonds. The van der Waals surface area contributed by atoms with Crippen molar-refractivity contribution in [2.24, 2.45) is 0 Å². The average Bonchev–Trinajstić information content (AvgIpc) is 3.27. The molecule has 11 heteroatoms. The SMILES string of the molecule is CCn1nnc2c(N3CCN(CC(=O)Nc4cc(C)on4)CC3)ncnc21. The molecule has 0 spiro atoms. The Morgan fingerprint density at radius 3 is 2.78 bits per heavy atom. The number of hydrogen-bond acceptors (Lipinski definition) is 9. The van der Waals surface area contributed by atoms with Gasteiger partial charge in [0.2, 0.25) is 5.91 Å². The Hall–Kier alpha value is -3.08. The summed E-state index contributed by atoms with van der Waals surface area (Å²) >= 11 is 0. The molecule has 11 nitrogen and oxygen atoms in total. The highest BCUT2D eigenvalue weighted by Crippen LogP contribution is 2.21. The van der Waals surface area contributed by atoms with E-state index in [0.29, 0.717) is 30.2 Å². The Bertz CT molecular complexity index is 942. The zero-order valence-electron chi connectivity index (χ0n) is 15.3. The van der Waals surface area contributed by atoms with Crippen LogP contribution < -0.4 is 10.2 Å². The highest BCUT2D eigenvalue weighted by molar-refractivity contribution is 5.91. The summed E-state index contributed by atoms with van der Waals surface area (Å²) < 4.78 is 6.71. The number of anilines is 2. The van der Waals surface area contributed by atoms with Crippen LogP contribution in [0.5, 0.6) is 0 Å². The second kappa shape index (κ2) is 7.27. The van der Waals surface area contributed by atoms with E-state index in [2.05, 4.69) is 40.6 Å². The fourth-order valence-electron chi connectivity index (χ4n) is 3.15. The minimum Gasteiger partial charge on any atom is -0.360 e. The zero-order chi connectivity index (χ0) is 18.8. The Morgan fingerprint density at radius 1 is 1.26 bits per heavy atom. The van der Waals surface area contributed by atoms with E-state index in [1.165, 1.54) is 0 Å². The smallest absolute Gasteiger partial charge is 0.239 e. The third kappa shape index (κ3) is 3.58. The first-order valence-corrected chi connectivity index (χ1v) is 8.88. The van der Waals surface area contributed by atoms with Crippen LogP contribution in [0.4, 0.5) is 11.6 Å². The van der Waals surface area contributed by atoms with Crippen LogP contribution in [0.1, 0.15) is 12.7 Å². The molecule has 1 fully saturated rings. The number of hydrogen-bond donors (Lipinski definition) is 1. The fraction of sp³-hybridized carbons (Fsp3) is 0.500. The molecule has 0 radical (unpaired) electrons. The third-order valence-electron chi connectivity index (χ3n) is 4.51. The maximum absolute atomic E-state index is 12.2. The largest absolute Gasteiger partial charge is 0.360 e. The number of piperazine rings is 1. The van der Waals surface area contributed by atoms with Crippen LogP contribution in [0.3, 0.4) is 0 Å². The lowest BCUT2D eigenvalue weighted by molar-refractivity contribution is -0.117. The molecule has 0 saturated carbocycles. The third-order valence-corrected chi connectivity index (χ3v) is 4.51. The summed E-state index contributed by atoms with van der Waals surface area (Å²) in [7, 11) is 0. The lowest BCUT2D eigenvalue weighted by Crippen LogP contribution is -2.49. The lowest BCUT2D eigenvalue weighted by Gasteiger charge is -2.34. The van der Waals surface area contributed by atoms with E-state index >= 15 is 0 Å².